The third-order valence-corrected chi connectivity index (χ3v) is 7.97. The summed E-state index contributed by atoms with van der Waals surface area (Å²) in [4.78, 5) is 24.7. The fourth-order valence-corrected chi connectivity index (χ4v) is 5.49. The number of rotatable bonds is 6. The maximum atomic E-state index is 14.6. The van der Waals surface area contributed by atoms with E-state index in [1.807, 2.05) is 0 Å². The van der Waals surface area contributed by atoms with Gasteiger partial charge in [-0.05, 0) is 42.5 Å². The van der Waals surface area contributed by atoms with Crippen molar-refractivity contribution in [3.05, 3.63) is 71.4 Å². The normalized spacial score (nSPS) is 16.2. The number of aromatic nitrogens is 3. The quantitative estimate of drug-likeness (QED) is 0.332. The standard InChI is InChI=1S/C26H20F4N4O5S/c1-38-26-16(3-5-19(34-26)24(29)30)18-4-2-13-11-31-15(10-20(13)33-18)12-32-25(35)14-8-17(27)23-21(9-14)40(36,37)22(28)6-7-39-23/h2-5,8-11,22,24H,6-7,12H2,1H3,(H,32,35)/t22-/m1/s1. The average Bonchev–Trinajstić information content (AvgIpc) is 3.06. The van der Waals surface area contributed by atoms with E-state index in [9.17, 15) is 30.8 Å². The zero-order valence-corrected chi connectivity index (χ0v) is 21.5. The van der Waals surface area contributed by atoms with Crippen LogP contribution in [0.3, 0.4) is 0 Å². The van der Waals surface area contributed by atoms with E-state index in [1.165, 1.54) is 25.4 Å². The molecule has 40 heavy (non-hydrogen) atoms. The van der Waals surface area contributed by atoms with Gasteiger partial charge in [0.15, 0.2) is 11.6 Å². The molecule has 14 heteroatoms. The molecule has 4 aromatic rings. The zero-order valence-electron chi connectivity index (χ0n) is 20.7. The number of methoxy groups -OCH3 is 1. The molecule has 0 saturated carbocycles. The lowest BCUT2D eigenvalue weighted by atomic mass is 10.1. The van der Waals surface area contributed by atoms with E-state index in [2.05, 4.69) is 20.3 Å². The van der Waals surface area contributed by atoms with Crippen molar-refractivity contribution in [2.24, 2.45) is 0 Å². The highest BCUT2D eigenvalue weighted by Gasteiger charge is 2.35. The minimum Gasteiger partial charge on any atom is -0.489 e. The molecule has 1 N–H and O–H groups in total. The third-order valence-electron chi connectivity index (χ3n) is 6.14. The topological polar surface area (TPSA) is 120 Å². The van der Waals surface area contributed by atoms with Crippen LogP contribution in [0.15, 0.2) is 53.6 Å². The first-order valence-corrected chi connectivity index (χ1v) is 13.3. The molecule has 0 aliphatic carbocycles. The molecule has 0 radical (unpaired) electrons. The van der Waals surface area contributed by atoms with Gasteiger partial charge in [-0.25, -0.2) is 35.9 Å². The fourth-order valence-electron chi connectivity index (χ4n) is 4.10. The largest absolute Gasteiger partial charge is 0.489 e. The highest BCUT2D eigenvalue weighted by atomic mass is 32.2. The van der Waals surface area contributed by atoms with E-state index in [4.69, 9.17) is 9.47 Å². The van der Waals surface area contributed by atoms with Crippen LogP contribution in [-0.2, 0) is 16.4 Å². The lowest BCUT2D eigenvalue weighted by Gasteiger charge is -2.12. The summed E-state index contributed by atoms with van der Waals surface area (Å²) in [7, 11) is -3.24. The fraction of sp³-hybridized carbons (Fsp3) is 0.231. The maximum Gasteiger partial charge on any atom is 0.280 e. The maximum absolute atomic E-state index is 14.6. The van der Waals surface area contributed by atoms with Crippen molar-refractivity contribution in [2.75, 3.05) is 13.7 Å². The van der Waals surface area contributed by atoms with Crippen LogP contribution < -0.4 is 14.8 Å². The number of fused-ring (bicyclic) bond motifs is 2. The van der Waals surface area contributed by atoms with Crippen LogP contribution in [0.1, 0.15) is 34.6 Å². The number of nitrogens with zero attached hydrogens (tertiary/aromatic N) is 3. The molecule has 0 saturated heterocycles. The number of sulfone groups is 1. The summed E-state index contributed by atoms with van der Waals surface area (Å²) in [6.45, 7) is -0.466. The molecule has 1 aromatic carbocycles. The SMILES string of the molecule is COc1nc(C(F)F)ccc1-c1ccc2cnc(CNC(=O)c3cc(F)c4c(c3)S(=O)(=O)[C@@H](F)CCO4)cc2n1. The number of carbonyl (C=O) groups excluding carboxylic acids is 1. The van der Waals surface area contributed by atoms with Crippen molar-refractivity contribution in [1.82, 2.24) is 20.3 Å². The summed E-state index contributed by atoms with van der Waals surface area (Å²) in [5.41, 5.74) is -1.46. The van der Waals surface area contributed by atoms with Crippen LogP contribution in [-0.4, -0.2) is 48.5 Å². The number of hydrogen-bond acceptors (Lipinski definition) is 8. The van der Waals surface area contributed by atoms with Crippen LogP contribution in [0.5, 0.6) is 11.6 Å². The van der Waals surface area contributed by atoms with Gasteiger partial charge in [-0.3, -0.25) is 9.78 Å². The minimum atomic E-state index is -4.55. The molecule has 1 amide bonds. The van der Waals surface area contributed by atoms with Crippen molar-refractivity contribution >= 4 is 26.6 Å². The molecule has 5 rings (SSSR count). The third kappa shape index (κ3) is 5.13. The Balaban J connectivity index is 1.39. The lowest BCUT2D eigenvalue weighted by molar-refractivity contribution is 0.0949. The van der Waals surface area contributed by atoms with Crippen molar-refractivity contribution in [3.8, 4) is 22.9 Å². The molecule has 208 valence electrons. The van der Waals surface area contributed by atoms with Crippen LogP contribution in [0.25, 0.3) is 22.2 Å². The molecular formula is C26H20F4N4O5S. The second kappa shape index (κ2) is 10.7. The number of hydrogen-bond donors (Lipinski definition) is 1. The molecule has 1 aliphatic rings. The second-order valence-electron chi connectivity index (χ2n) is 8.72. The van der Waals surface area contributed by atoms with Crippen LogP contribution in [0.4, 0.5) is 17.6 Å². The average molecular weight is 577 g/mol. The molecule has 1 atom stereocenters. The number of pyridine rings is 3. The predicted molar refractivity (Wildman–Crippen MR) is 134 cm³/mol. The highest BCUT2D eigenvalue weighted by Crippen LogP contribution is 2.35. The van der Waals surface area contributed by atoms with Crippen molar-refractivity contribution in [1.29, 1.82) is 0 Å². The summed E-state index contributed by atoms with van der Waals surface area (Å²) >= 11 is 0. The summed E-state index contributed by atoms with van der Waals surface area (Å²) < 4.78 is 90.0. The number of benzene rings is 1. The molecular weight excluding hydrogens is 556 g/mol. The number of alkyl halides is 3. The number of ether oxygens (including phenoxy) is 2. The van der Waals surface area contributed by atoms with Crippen LogP contribution in [0, 0.1) is 5.82 Å². The van der Waals surface area contributed by atoms with Crippen molar-refractivity contribution in [2.45, 2.75) is 29.8 Å². The van der Waals surface area contributed by atoms with Gasteiger partial charge in [0.2, 0.25) is 21.2 Å². The van der Waals surface area contributed by atoms with Gasteiger partial charge in [0.25, 0.3) is 12.3 Å². The first kappa shape index (κ1) is 27.2. The summed E-state index contributed by atoms with van der Waals surface area (Å²) in [5, 5.41) is 3.17. The Hall–Kier alpha value is -4.33. The summed E-state index contributed by atoms with van der Waals surface area (Å²) in [6.07, 6.45) is -1.72. The zero-order chi connectivity index (χ0) is 28.6. The molecule has 0 fully saturated rings. The minimum absolute atomic E-state index is 0.0225. The Morgan fingerprint density at radius 1 is 1.18 bits per heavy atom. The Morgan fingerprint density at radius 3 is 2.73 bits per heavy atom. The molecule has 4 heterocycles. The van der Waals surface area contributed by atoms with Gasteiger partial charge < -0.3 is 14.8 Å². The molecule has 0 bridgehead atoms. The summed E-state index contributed by atoms with van der Waals surface area (Å²) in [5.74, 6) is -2.57. The van der Waals surface area contributed by atoms with Crippen LogP contribution in [0.2, 0.25) is 0 Å². The highest BCUT2D eigenvalue weighted by molar-refractivity contribution is 7.92. The number of carbonyl (C=O) groups is 1. The van der Waals surface area contributed by atoms with Crippen molar-refractivity contribution < 1.29 is 40.2 Å². The molecule has 0 unspecified atom stereocenters. The van der Waals surface area contributed by atoms with E-state index in [0.29, 0.717) is 27.9 Å². The first-order chi connectivity index (χ1) is 19.1. The van der Waals surface area contributed by atoms with Gasteiger partial charge in [-0.15, -0.1) is 0 Å². The Labute approximate surface area is 225 Å². The Kier molecular flexibility index (Phi) is 7.27. The van der Waals surface area contributed by atoms with Gasteiger partial charge >= 0.3 is 0 Å². The lowest BCUT2D eigenvalue weighted by Crippen LogP contribution is -2.24. The monoisotopic (exact) mass is 576 g/mol. The Bertz CT molecular complexity index is 1740. The summed E-state index contributed by atoms with van der Waals surface area (Å²) in [6, 6.07) is 9.24. The smallest absolute Gasteiger partial charge is 0.280 e. The van der Waals surface area contributed by atoms with E-state index in [0.717, 1.165) is 12.1 Å². The van der Waals surface area contributed by atoms with E-state index in [1.54, 1.807) is 18.2 Å². The number of nitrogens with one attached hydrogen (secondary N) is 1. The van der Waals surface area contributed by atoms with Gasteiger partial charge in [0.05, 0.1) is 42.7 Å². The first-order valence-electron chi connectivity index (χ1n) is 11.8. The number of amides is 1. The molecule has 3 aromatic heterocycles. The van der Waals surface area contributed by atoms with E-state index >= 15 is 0 Å². The van der Waals surface area contributed by atoms with E-state index < -0.39 is 56.3 Å². The predicted octanol–water partition coefficient (Wildman–Crippen LogP) is 4.56. The van der Waals surface area contributed by atoms with Crippen molar-refractivity contribution in [3.63, 3.8) is 0 Å². The second-order valence-corrected chi connectivity index (χ2v) is 10.8. The van der Waals surface area contributed by atoms with Gasteiger partial charge in [0.1, 0.15) is 10.6 Å². The molecule has 0 spiro atoms. The Morgan fingerprint density at radius 2 is 1.98 bits per heavy atom. The van der Waals surface area contributed by atoms with Crippen LogP contribution >= 0.6 is 0 Å². The molecule has 1 aliphatic heterocycles. The molecule has 9 nitrogen and oxygen atoms in total. The van der Waals surface area contributed by atoms with Gasteiger partial charge in [-0.1, -0.05) is 0 Å². The van der Waals surface area contributed by atoms with Gasteiger partial charge in [-0.2, -0.15) is 0 Å². The van der Waals surface area contributed by atoms with E-state index in [-0.39, 0.29) is 24.6 Å². The van der Waals surface area contributed by atoms with Gasteiger partial charge in [0, 0.05) is 23.6 Å². The number of halogens is 4.